The van der Waals surface area contributed by atoms with Crippen LogP contribution in [0, 0.1) is 6.92 Å². The number of carbonyl (C=O) groups excluding carboxylic acids is 2. The first-order valence-corrected chi connectivity index (χ1v) is 29.9. The van der Waals surface area contributed by atoms with Crippen molar-refractivity contribution in [2.24, 2.45) is 10.7 Å². The molecule has 0 radical (unpaired) electrons. The number of nitrogens with one attached hydrogen (secondary N) is 3. The van der Waals surface area contributed by atoms with Crippen molar-refractivity contribution in [3.63, 3.8) is 0 Å². The molecule has 1 aromatic heterocycles. The molecule has 2 aromatic carbocycles. The van der Waals surface area contributed by atoms with E-state index in [0.717, 1.165) is 122 Å². The molecule has 8 N–H and O–H groups in total. The average Bonchev–Trinajstić information content (AvgIpc) is 3.85. The van der Waals surface area contributed by atoms with Crippen molar-refractivity contribution in [3.8, 4) is 0 Å². The minimum atomic E-state index is -4.69. The van der Waals surface area contributed by atoms with Gasteiger partial charge >= 0.3 is 6.03 Å². The Morgan fingerprint density at radius 1 is 0.851 bits per heavy atom. The normalized spacial score (nSPS) is 15.9. The number of anilines is 2. The van der Waals surface area contributed by atoms with Crippen LogP contribution in [0.5, 0.6) is 0 Å². The zero-order chi connectivity index (χ0) is 53.9. The fraction of sp³-hybridized carbons (Fsp3) is 0.537. The van der Waals surface area contributed by atoms with E-state index >= 15 is 0 Å². The van der Waals surface area contributed by atoms with Crippen molar-refractivity contribution < 1.29 is 40.1 Å². The molecule has 2 aliphatic heterocycles. The number of nitrogens with zero attached hydrogens (tertiary/aromatic N) is 4. The van der Waals surface area contributed by atoms with Crippen molar-refractivity contribution in [2.45, 2.75) is 153 Å². The van der Waals surface area contributed by atoms with Gasteiger partial charge in [0.2, 0.25) is 11.6 Å². The van der Waals surface area contributed by atoms with E-state index in [2.05, 4.69) is 81.3 Å². The van der Waals surface area contributed by atoms with Crippen molar-refractivity contribution in [1.82, 2.24) is 20.9 Å². The number of aliphatic imine (C=N–C) groups is 1. The zero-order valence-corrected chi connectivity index (χ0v) is 46.4. The van der Waals surface area contributed by atoms with Crippen LogP contribution in [0.1, 0.15) is 151 Å². The lowest BCUT2D eigenvalue weighted by molar-refractivity contribution is -0.604. The van der Waals surface area contributed by atoms with Gasteiger partial charge in [0.25, 0.3) is 10.1 Å². The van der Waals surface area contributed by atoms with E-state index in [9.17, 15) is 35.5 Å². The number of allylic oxidation sites excluding steroid dienone is 6. The number of aromatic nitrogens is 1. The maximum atomic E-state index is 12.7. The Morgan fingerprint density at radius 2 is 1.53 bits per heavy atom. The summed E-state index contributed by atoms with van der Waals surface area (Å²) in [5.74, 6) is -0.134. The van der Waals surface area contributed by atoms with Gasteiger partial charge in [0.1, 0.15) is 16.7 Å². The number of para-hydroxylation sites is 1. The van der Waals surface area contributed by atoms with Crippen LogP contribution in [0.3, 0.4) is 0 Å². The zero-order valence-electron chi connectivity index (χ0n) is 44.0. The number of amides is 3. The van der Waals surface area contributed by atoms with E-state index in [-0.39, 0.29) is 34.0 Å². The number of urea groups is 1. The number of thiazole rings is 1. The number of aryl methyl sites for hydroxylation is 2. The maximum Gasteiger partial charge on any atom is 0.321 e. The second-order valence-electron chi connectivity index (χ2n) is 20.1. The third-order valence-electron chi connectivity index (χ3n) is 13.7. The monoisotopic (exact) mass is 1080 g/mol. The highest BCUT2D eigenvalue weighted by Crippen LogP contribution is 2.47. The van der Waals surface area contributed by atoms with Crippen molar-refractivity contribution in [3.05, 3.63) is 106 Å². The maximum absolute atomic E-state index is 12.7. The lowest BCUT2D eigenvalue weighted by atomic mass is 9.84. The van der Waals surface area contributed by atoms with Crippen LogP contribution in [0.2, 0.25) is 0 Å². The first-order chi connectivity index (χ1) is 35.1. The van der Waals surface area contributed by atoms with Gasteiger partial charge in [0.15, 0.2) is 16.6 Å². The van der Waals surface area contributed by atoms with E-state index in [0.29, 0.717) is 62.7 Å². The van der Waals surface area contributed by atoms with Crippen LogP contribution >= 0.6 is 11.3 Å². The molecule has 3 aromatic rings. The number of carbonyl (C=O) groups is 2. The number of unbranched alkanes of at least 4 members (excludes halogenated alkanes) is 10. The van der Waals surface area contributed by atoms with Gasteiger partial charge in [-0.1, -0.05) is 94.9 Å². The molecular formula is C54H79N9O8S3. The molecule has 17 nitrogen and oxygen atoms in total. The molecular weight excluding hydrogens is 999 g/mol. The average molecular weight is 1080 g/mol. The quantitative estimate of drug-likeness (QED) is 0.00917. The van der Waals surface area contributed by atoms with Gasteiger partial charge in [0, 0.05) is 86.2 Å². The summed E-state index contributed by atoms with van der Waals surface area (Å²) in [4.78, 5) is 36.4. The highest BCUT2D eigenvalue weighted by molar-refractivity contribution is 7.86. The van der Waals surface area contributed by atoms with Gasteiger partial charge in [-0.15, -0.1) is 11.3 Å². The molecule has 3 heterocycles. The smallest absolute Gasteiger partial charge is 0.321 e. The summed E-state index contributed by atoms with van der Waals surface area (Å²) >= 11 is 1.48. The van der Waals surface area contributed by atoms with Crippen molar-refractivity contribution in [2.75, 3.05) is 49.1 Å². The first kappa shape index (κ1) is 59.5. The number of benzene rings is 2. The Labute approximate surface area is 443 Å². The lowest BCUT2D eigenvalue weighted by Gasteiger charge is -2.27. The molecule has 0 aliphatic carbocycles. The summed E-state index contributed by atoms with van der Waals surface area (Å²) in [6.45, 7) is 13.4. The molecule has 74 heavy (non-hydrogen) atoms. The Morgan fingerprint density at radius 3 is 2.20 bits per heavy atom. The number of rotatable bonds is 30. The summed E-state index contributed by atoms with van der Waals surface area (Å²) in [6.07, 6.45) is 23.5. The number of nitrogen functional groups attached to an aromatic ring is 1. The van der Waals surface area contributed by atoms with Crippen molar-refractivity contribution >= 4 is 66.0 Å². The molecule has 2 aliphatic rings. The van der Waals surface area contributed by atoms with E-state index in [1.54, 1.807) is 6.07 Å². The van der Waals surface area contributed by atoms with E-state index in [1.165, 1.54) is 23.5 Å². The second kappa shape index (κ2) is 27.9. The van der Waals surface area contributed by atoms with Crippen molar-refractivity contribution in [1.29, 1.82) is 0 Å². The third kappa shape index (κ3) is 17.9. The van der Waals surface area contributed by atoms with Gasteiger partial charge < -0.3 is 31.6 Å². The summed E-state index contributed by atoms with van der Waals surface area (Å²) in [7, 11) is -8.73. The largest absolute Gasteiger partial charge is 0.744 e. The fourth-order valence-corrected chi connectivity index (χ4v) is 11.7. The van der Waals surface area contributed by atoms with Crippen LogP contribution in [-0.2, 0) is 42.4 Å². The van der Waals surface area contributed by atoms with Gasteiger partial charge in [-0.2, -0.15) is 8.42 Å². The van der Waals surface area contributed by atoms with E-state index in [4.69, 9.17) is 11.5 Å². The Bertz CT molecular complexity index is 2780. The predicted octanol–water partition coefficient (Wildman–Crippen LogP) is 8.49. The number of nitrogens with two attached hydrogens (primary N) is 2. The number of fused-ring (bicyclic) bond motifs is 2. The summed E-state index contributed by atoms with van der Waals surface area (Å²) in [5.41, 5.74) is 17.4. The standard InChI is InChI=1S/C54H79N9O8S3/c1-40-47(72-51(56)60-40)28-24-35-58-50(55)61-52(65)59-34-20-11-9-7-6-8-10-19-33-57-49(64)30-16-13-21-37-63-45(42-39-41(74(69,70)71)31-32-43(42)54(63,4)5)26-14-12-15-29-48-53(2,3)44-25-17-18-27-46(44)62(48)36-22-23-38-73(66,67)68/h12,14-15,17-18,25-27,29,31-32,39H,6-11,13,16,19-24,28,30,33-38H2,1-5H3,(H8-,55,56,57,58,59,60,61,64,65,66,67,68,69,70,71). The van der Waals surface area contributed by atoms with E-state index in [1.807, 2.05) is 43.4 Å². The summed E-state index contributed by atoms with van der Waals surface area (Å²) in [5, 5.41) is 9.05. The lowest BCUT2D eigenvalue weighted by Crippen LogP contribution is -2.43. The van der Waals surface area contributed by atoms with Gasteiger partial charge in [-0.25, -0.2) is 22.8 Å². The predicted molar refractivity (Wildman–Crippen MR) is 297 cm³/mol. The molecule has 0 bridgehead atoms. The molecule has 0 unspecified atom stereocenters. The minimum absolute atomic E-state index is 0.0498. The van der Waals surface area contributed by atoms with E-state index < -0.39 is 25.8 Å². The van der Waals surface area contributed by atoms with Crippen LogP contribution in [0.15, 0.2) is 88.4 Å². The SMILES string of the molecule is Cc1nc(N)sc1CCCN=C(N)NC(=O)NCCCCCCCCCCNC(=O)CCCCC[N+]1=C(C=CC=CC=C2N(CCCCS(=O)(=O)O)c3ccccc3C2(C)C)c2cc(S(=O)(=O)[O-])ccc2C1(C)C. The van der Waals surface area contributed by atoms with Crippen LogP contribution < -0.4 is 32.3 Å². The first-order valence-electron chi connectivity index (χ1n) is 26.1. The molecule has 406 valence electrons. The number of hydrogen-bond acceptors (Lipinski definition) is 12. The minimum Gasteiger partial charge on any atom is -0.744 e. The van der Waals surface area contributed by atoms with Crippen LogP contribution in [0.4, 0.5) is 15.6 Å². The molecule has 20 heteroatoms. The molecule has 0 spiro atoms. The highest BCUT2D eigenvalue weighted by atomic mass is 32.2. The number of hydrogen-bond donors (Lipinski definition) is 6. The summed E-state index contributed by atoms with van der Waals surface area (Å²) < 4.78 is 70.6. The molecule has 3 amide bonds. The molecule has 0 saturated carbocycles. The molecule has 0 saturated heterocycles. The molecule has 0 fully saturated rings. The third-order valence-corrected chi connectivity index (χ3v) is 16.4. The van der Waals surface area contributed by atoms with Crippen LogP contribution in [0.25, 0.3) is 0 Å². The second-order valence-corrected chi connectivity index (χ2v) is 24.2. The number of guanidine groups is 1. The van der Waals surface area contributed by atoms with Gasteiger partial charge in [-0.05, 0) is 88.1 Å². The van der Waals surface area contributed by atoms with Crippen LogP contribution in [-0.4, -0.2) is 97.6 Å². The molecule has 5 rings (SSSR count). The highest BCUT2D eigenvalue weighted by Gasteiger charge is 2.44. The Kier molecular flexibility index (Phi) is 22.4. The molecule has 0 atom stereocenters. The summed E-state index contributed by atoms with van der Waals surface area (Å²) in [6, 6.07) is 12.4. The fourth-order valence-electron chi connectivity index (χ4n) is 9.77. The Balaban J connectivity index is 1.01. The Hall–Kier alpha value is -5.41. The topological polar surface area (TPSA) is 265 Å². The van der Waals surface area contributed by atoms with Gasteiger partial charge in [0.05, 0.1) is 21.9 Å². The van der Waals surface area contributed by atoms with Gasteiger partial charge in [-0.3, -0.25) is 19.7 Å².